The first-order valence-electron chi connectivity index (χ1n) is 9.48. The van der Waals surface area contributed by atoms with Crippen molar-refractivity contribution in [3.63, 3.8) is 0 Å². The maximum absolute atomic E-state index is 12.4. The number of nitrogens with two attached hydrogens (primary N) is 1. The van der Waals surface area contributed by atoms with E-state index in [0.717, 1.165) is 35.9 Å². The highest BCUT2D eigenvalue weighted by Gasteiger charge is 2.21. The highest BCUT2D eigenvalue weighted by atomic mass is 35.5. The zero-order valence-corrected chi connectivity index (χ0v) is 18.7. The monoisotopic (exact) mass is 425 g/mol. The number of hydrogen-bond acceptors (Lipinski definition) is 5. The molecule has 0 aliphatic carbocycles. The summed E-state index contributed by atoms with van der Waals surface area (Å²) < 4.78 is 2.19. The standard InChI is InChI=1S/C20H31N5OS.ClH/c1-14(2)13-25-17(23-24-20(25)27-4)11-8-12-22-19(26)15(3)18(21)16-9-6-5-7-10-16;/h5-7,9-10,14-15,18H,8,11-13,21H2,1-4H3,(H,22,26);1H. The summed E-state index contributed by atoms with van der Waals surface area (Å²) in [6.45, 7) is 7.76. The number of halogens is 1. The van der Waals surface area contributed by atoms with Gasteiger partial charge in [0.05, 0.1) is 5.92 Å². The molecular formula is C20H32ClN5OS. The fourth-order valence-electron chi connectivity index (χ4n) is 2.95. The van der Waals surface area contributed by atoms with Crippen molar-refractivity contribution in [2.45, 2.75) is 51.4 Å². The molecule has 0 spiro atoms. The van der Waals surface area contributed by atoms with Gasteiger partial charge in [-0.25, -0.2) is 0 Å². The number of benzene rings is 1. The van der Waals surface area contributed by atoms with Gasteiger partial charge in [-0.2, -0.15) is 0 Å². The van der Waals surface area contributed by atoms with E-state index in [4.69, 9.17) is 5.73 Å². The minimum absolute atomic E-state index is 0. The van der Waals surface area contributed by atoms with Gasteiger partial charge < -0.3 is 15.6 Å². The molecule has 2 unspecified atom stereocenters. The molecule has 2 aromatic rings. The van der Waals surface area contributed by atoms with Crippen LogP contribution in [0.5, 0.6) is 0 Å². The molecule has 2 atom stereocenters. The van der Waals surface area contributed by atoms with Gasteiger partial charge in [0.1, 0.15) is 5.82 Å². The second-order valence-electron chi connectivity index (χ2n) is 7.23. The Kier molecular flexibility index (Phi) is 10.6. The molecule has 28 heavy (non-hydrogen) atoms. The Balaban J connectivity index is 0.00000392. The number of carbonyl (C=O) groups is 1. The molecule has 1 aromatic carbocycles. The van der Waals surface area contributed by atoms with Crippen LogP contribution in [0.15, 0.2) is 35.5 Å². The molecule has 1 aromatic heterocycles. The van der Waals surface area contributed by atoms with Crippen molar-refractivity contribution < 1.29 is 4.79 Å². The number of carbonyl (C=O) groups excluding carboxylic acids is 1. The maximum Gasteiger partial charge on any atom is 0.224 e. The summed E-state index contributed by atoms with van der Waals surface area (Å²) >= 11 is 1.61. The third kappa shape index (κ3) is 6.79. The van der Waals surface area contributed by atoms with Crippen LogP contribution in [-0.2, 0) is 17.8 Å². The molecule has 1 heterocycles. The lowest BCUT2D eigenvalue weighted by Crippen LogP contribution is -2.36. The van der Waals surface area contributed by atoms with Crippen molar-refractivity contribution in [1.82, 2.24) is 20.1 Å². The highest BCUT2D eigenvalue weighted by Crippen LogP contribution is 2.19. The third-order valence-electron chi connectivity index (χ3n) is 4.54. The fraction of sp³-hybridized carbons (Fsp3) is 0.550. The van der Waals surface area contributed by atoms with Gasteiger partial charge in [-0.3, -0.25) is 4.79 Å². The summed E-state index contributed by atoms with van der Waals surface area (Å²) in [5.41, 5.74) is 7.21. The van der Waals surface area contributed by atoms with Gasteiger partial charge in [0.2, 0.25) is 5.91 Å². The smallest absolute Gasteiger partial charge is 0.224 e. The van der Waals surface area contributed by atoms with Crippen LogP contribution in [0.3, 0.4) is 0 Å². The lowest BCUT2D eigenvalue weighted by Gasteiger charge is -2.19. The van der Waals surface area contributed by atoms with Crippen molar-refractivity contribution >= 4 is 30.1 Å². The second-order valence-corrected chi connectivity index (χ2v) is 8.00. The van der Waals surface area contributed by atoms with Crippen molar-refractivity contribution in [3.8, 4) is 0 Å². The quantitative estimate of drug-likeness (QED) is 0.449. The first kappa shape index (κ1) is 24.5. The average molecular weight is 426 g/mol. The van der Waals surface area contributed by atoms with E-state index in [1.807, 2.05) is 43.5 Å². The summed E-state index contributed by atoms with van der Waals surface area (Å²) in [6, 6.07) is 9.44. The van der Waals surface area contributed by atoms with E-state index in [1.54, 1.807) is 11.8 Å². The third-order valence-corrected chi connectivity index (χ3v) is 5.20. The van der Waals surface area contributed by atoms with E-state index in [-0.39, 0.29) is 30.3 Å². The van der Waals surface area contributed by atoms with Crippen LogP contribution in [0.25, 0.3) is 0 Å². The van der Waals surface area contributed by atoms with Crippen LogP contribution in [-0.4, -0.2) is 33.5 Å². The second kappa shape index (κ2) is 12.1. The minimum atomic E-state index is -0.301. The molecule has 0 saturated heterocycles. The Morgan fingerprint density at radius 3 is 2.50 bits per heavy atom. The summed E-state index contributed by atoms with van der Waals surface area (Å²) in [6.07, 6.45) is 3.63. The number of hydrogen-bond donors (Lipinski definition) is 2. The number of thioether (sulfide) groups is 1. The predicted octanol–water partition coefficient (Wildman–Crippen LogP) is 3.46. The number of aromatic nitrogens is 3. The normalized spacial score (nSPS) is 13.1. The highest BCUT2D eigenvalue weighted by molar-refractivity contribution is 7.98. The van der Waals surface area contributed by atoms with Gasteiger partial charge >= 0.3 is 0 Å². The van der Waals surface area contributed by atoms with E-state index in [0.29, 0.717) is 12.5 Å². The molecule has 0 fully saturated rings. The molecule has 6 nitrogen and oxygen atoms in total. The van der Waals surface area contributed by atoms with E-state index < -0.39 is 0 Å². The summed E-state index contributed by atoms with van der Waals surface area (Å²) in [5.74, 6) is 1.22. The Bertz CT molecular complexity index is 723. The Morgan fingerprint density at radius 1 is 1.21 bits per heavy atom. The van der Waals surface area contributed by atoms with Gasteiger partial charge in [-0.1, -0.05) is 62.9 Å². The Morgan fingerprint density at radius 2 is 1.89 bits per heavy atom. The first-order chi connectivity index (χ1) is 12.9. The molecule has 0 aliphatic rings. The predicted molar refractivity (Wildman–Crippen MR) is 118 cm³/mol. The topological polar surface area (TPSA) is 85.8 Å². The largest absolute Gasteiger partial charge is 0.356 e. The zero-order chi connectivity index (χ0) is 19.8. The van der Waals surface area contributed by atoms with E-state index >= 15 is 0 Å². The molecule has 3 N–H and O–H groups in total. The van der Waals surface area contributed by atoms with Crippen LogP contribution in [0.4, 0.5) is 0 Å². The summed E-state index contributed by atoms with van der Waals surface area (Å²) in [7, 11) is 0. The van der Waals surface area contributed by atoms with Gasteiger partial charge in [-0.15, -0.1) is 22.6 Å². The molecule has 8 heteroatoms. The van der Waals surface area contributed by atoms with Crippen LogP contribution in [0, 0.1) is 11.8 Å². The van der Waals surface area contributed by atoms with E-state index in [9.17, 15) is 4.79 Å². The minimum Gasteiger partial charge on any atom is -0.356 e. The summed E-state index contributed by atoms with van der Waals surface area (Å²) in [4.78, 5) is 12.4. The SMILES string of the molecule is CSc1nnc(CCCNC(=O)C(C)C(N)c2ccccc2)n1CC(C)C.Cl. The number of aryl methyl sites for hydroxylation is 1. The van der Waals surface area contributed by atoms with E-state index in [2.05, 4.69) is 33.9 Å². The molecule has 0 radical (unpaired) electrons. The summed E-state index contributed by atoms with van der Waals surface area (Å²) in [5, 5.41) is 12.5. The number of nitrogens with zero attached hydrogens (tertiary/aromatic N) is 3. The van der Waals surface area contributed by atoms with Crippen molar-refractivity contribution in [2.75, 3.05) is 12.8 Å². The lowest BCUT2D eigenvalue weighted by molar-refractivity contribution is -0.125. The number of rotatable bonds is 10. The Labute approximate surface area is 178 Å². The van der Waals surface area contributed by atoms with Gasteiger partial charge in [0, 0.05) is 25.6 Å². The van der Waals surface area contributed by atoms with Crippen molar-refractivity contribution in [3.05, 3.63) is 41.7 Å². The number of nitrogens with one attached hydrogen (secondary N) is 1. The molecule has 0 aliphatic heterocycles. The maximum atomic E-state index is 12.4. The number of amides is 1. The van der Waals surface area contributed by atoms with Gasteiger partial charge in [-0.05, 0) is 24.2 Å². The average Bonchev–Trinajstić information content (AvgIpc) is 3.05. The lowest BCUT2D eigenvalue weighted by atomic mass is 9.94. The first-order valence-corrected chi connectivity index (χ1v) is 10.7. The molecule has 156 valence electrons. The molecule has 2 rings (SSSR count). The van der Waals surface area contributed by atoms with Crippen LogP contribution >= 0.6 is 24.2 Å². The van der Waals surface area contributed by atoms with Crippen LogP contribution < -0.4 is 11.1 Å². The van der Waals surface area contributed by atoms with Gasteiger partial charge in [0.25, 0.3) is 0 Å². The zero-order valence-electron chi connectivity index (χ0n) is 17.1. The fourth-order valence-corrected chi connectivity index (χ4v) is 3.47. The van der Waals surface area contributed by atoms with Crippen LogP contribution in [0.1, 0.15) is 44.6 Å². The van der Waals surface area contributed by atoms with Crippen molar-refractivity contribution in [2.24, 2.45) is 17.6 Å². The molecule has 1 amide bonds. The van der Waals surface area contributed by atoms with E-state index in [1.165, 1.54) is 0 Å². The van der Waals surface area contributed by atoms with Crippen molar-refractivity contribution in [1.29, 1.82) is 0 Å². The van der Waals surface area contributed by atoms with Gasteiger partial charge in [0.15, 0.2) is 5.16 Å². The molecular weight excluding hydrogens is 394 g/mol. The Hall–Kier alpha value is -1.57. The van der Waals surface area contributed by atoms with Crippen LogP contribution in [0.2, 0.25) is 0 Å². The molecule has 0 saturated carbocycles. The molecule has 0 bridgehead atoms.